The second-order valence-electron chi connectivity index (χ2n) is 7.08. The summed E-state index contributed by atoms with van der Waals surface area (Å²) < 4.78 is 44.3. The molecule has 6 heteroatoms. The van der Waals surface area contributed by atoms with Gasteiger partial charge in [-0.25, -0.2) is 8.42 Å². The summed E-state index contributed by atoms with van der Waals surface area (Å²) >= 11 is 0. The van der Waals surface area contributed by atoms with Crippen molar-refractivity contribution in [2.75, 3.05) is 0 Å². The Hall–Kier alpha value is -2.98. The zero-order valence-electron chi connectivity index (χ0n) is 16.7. The van der Waals surface area contributed by atoms with Crippen molar-refractivity contribution in [2.24, 2.45) is 0 Å². The van der Waals surface area contributed by atoms with Gasteiger partial charge in [0, 0.05) is 10.6 Å². The summed E-state index contributed by atoms with van der Waals surface area (Å²) in [5.41, 5.74) is 0.637. The van der Waals surface area contributed by atoms with Crippen LogP contribution < -0.4 is 15.3 Å². The van der Waals surface area contributed by atoms with Crippen LogP contribution in [0.25, 0.3) is 0 Å². The van der Waals surface area contributed by atoms with Gasteiger partial charge in [0.25, 0.3) is 0 Å². The van der Waals surface area contributed by atoms with Crippen LogP contribution in [0, 0.1) is 0 Å². The van der Waals surface area contributed by atoms with Crippen LogP contribution in [0.5, 0.6) is 0 Å². The molecule has 0 aliphatic rings. The van der Waals surface area contributed by atoms with Crippen LogP contribution in [-0.2, 0) is 14.6 Å². The van der Waals surface area contributed by atoms with Crippen molar-refractivity contribution < 1.29 is 13.0 Å². The predicted molar refractivity (Wildman–Crippen MR) is 126 cm³/mol. The fraction of sp³-hybridized carbons (Fsp3) is 0.0400. The molecule has 4 aromatic carbocycles. The Labute approximate surface area is 183 Å². The summed E-state index contributed by atoms with van der Waals surface area (Å²) in [6, 6.07) is 35.4. The molecule has 4 aromatic rings. The molecule has 0 aromatic heterocycles. The topological polar surface area (TPSA) is 63.2 Å². The van der Waals surface area contributed by atoms with E-state index in [0.717, 1.165) is 0 Å². The third kappa shape index (κ3) is 4.40. The van der Waals surface area contributed by atoms with E-state index < -0.39 is 22.9 Å². The van der Waals surface area contributed by atoms with Gasteiger partial charge in [0.2, 0.25) is 10.0 Å². The molecule has 4 nitrogen and oxygen atoms in total. The lowest BCUT2D eigenvalue weighted by Gasteiger charge is -2.30. The lowest BCUT2D eigenvalue weighted by molar-refractivity contribution is 0.560. The van der Waals surface area contributed by atoms with E-state index in [-0.39, 0.29) is 4.90 Å². The van der Waals surface area contributed by atoms with Crippen LogP contribution in [0.1, 0.15) is 11.3 Å². The van der Waals surface area contributed by atoms with Gasteiger partial charge < -0.3 is 4.57 Å². The molecule has 4 rings (SSSR count). The number of sulfonamides is 1. The Morgan fingerprint density at radius 3 is 1.42 bits per heavy atom. The lowest BCUT2D eigenvalue weighted by atomic mass is 10.2. The first kappa shape index (κ1) is 21.3. The number of nitrogens with one attached hydrogen (secondary N) is 1. The zero-order valence-corrected chi connectivity index (χ0v) is 18.4. The average molecular weight is 447 g/mol. The van der Waals surface area contributed by atoms with Gasteiger partial charge >= 0.3 is 0 Å². The van der Waals surface area contributed by atoms with E-state index in [4.69, 9.17) is 0 Å². The predicted octanol–water partition coefficient (Wildman–Crippen LogP) is 4.68. The van der Waals surface area contributed by atoms with Gasteiger partial charge in [-0.05, 0) is 17.7 Å². The Morgan fingerprint density at radius 1 is 0.581 bits per heavy atom. The van der Waals surface area contributed by atoms with Gasteiger partial charge in [-0.1, -0.05) is 109 Å². The van der Waals surface area contributed by atoms with Crippen molar-refractivity contribution in [3.63, 3.8) is 0 Å². The van der Waals surface area contributed by atoms with Gasteiger partial charge in [0.15, 0.2) is 7.14 Å². The van der Waals surface area contributed by atoms with Crippen molar-refractivity contribution in [3.8, 4) is 0 Å². The van der Waals surface area contributed by atoms with Crippen molar-refractivity contribution in [2.45, 2.75) is 10.7 Å². The maximum absolute atomic E-state index is 14.9. The van der Waals surface area contributed by atoms with Gasteiger partial charge in [0.1, 0.15) is 5.78 Å². The second kappa shape index (κ2) is 9.03. The second-order valence-corrected chi connectivity index (χ2v) is 11.7. The molecule has 1 N–H and O–H groups in total. The zero-order chi connectivity index (χ0) is 21.7. The van der Waals surface area contributed by atoms with Crippen molar-refractivity contribution >= 4 is 27.8 Å². The first-order valence-corrected chi connectivity index (χ1v) is 13.1. The van der Waals surface area contributed by atoms with Crippen molar-refractivity contribution in [3.05, 3.63) is 127 Å². The van der Waals surface area contributed by atoms with Gasteiger partial charge in [-0.2, -0.15) is 4.72 Å². The minimum Gasteiger partial charge on any atom is -0.312 e. The normalized spacial score (nSPS) is 12.9. The molecule has 0 fully saturated rings. The first-order chi connectivity index (χ1) is 15.0. The van der Waals surface area contributed by atoms with Crippen LogP contribution >= 0.6 is 7.14 Å². The standard InChI is InChI=1S/C25H22NO3PS/c27-30(22-15-7-2-8-16-22,23-17-9-3-10-18-23)25(21-13-5-1-6-14-21)26-31(28,29)24-19-11-4-12-20-24/h1-20,25-26H. The van der Waals surface area contributed by atoms with Crippen molar-refractivity contribution in [1.82, 2.24) is 4.72 Å². The smallest absolute Gasteiger partial charge is 0.241 e. The van der Waals surface area contributed by atoms with E-state index in [2.05, 4.69) is 4.72 Å². The SMILES string of the molecule is O=P(c1ccccc1)(c1ccccc1)C(NS(=O)(=O)c1ccccc1)c1ccccc1. The molecular weight excluding hydrogens is 425 g/mol. The molecule has 1 unspecified atom stereocenters. The van der Waals surface area contributed by atoms with E-state index in [1.807, 2.05) is 54.6 Å². The summed E-state index contributed by atoms with van der Waals surface area (Å²) in [6.45, 7) is 0. The fourth-order valence-corrected chi connectivity index (χ4v) is 8.36. The largest absolute Gasteiger partial charge is 0.312 e. The van der Waals surface area contributed by atoms with Gasteiger partial charge in [-0.15, -0.1) is 0 Å². The molecular formula is C25H22NO3PS. The molecule has 0 spiro atoms. The third-order valence-electron chi connectivity index (χ3n) is 5.08. The highest BCUT2D eigenvalue weighted by molar-refractivity contribution is 7.90. The van der Waals surface area contributed by atoms with Crippen LogP contribution in [-0.4, -0.2) is 8.42 Å². The summed E-state index contributed by atoms with van der Waals surface area (Å²) in [5, 5.41) is 1.18. The Kier molecular flexibility index (Phi) is 6.19. The molecule has 31 heavy (non-hydrogen) atoms. The highest BCUT2D eigenvalue weighted by Gasteiger charge is 2.40. The number of hydrogen-bond donors (Lipinski definition) is 1. The summed E-state index contributed by atoms with van der Waals surface area (Å²) in [6.07, 6.45) is 0. The maximum atomic E-state index is 14.9. The number of benzene rings is 4. The molecule has 0 amide bonds. The van der Waals surface area contributed by atoms with E-state index in [1.54, 1.807) is 54.6 Å². The fourth-order valence-electron chi connectivity index (χ4n) is 3.55. The average Bonchev–Trinajstić information content (AvgIpc) is 2.84. The van der Waals surface area contributed by atoms with Gasteiger partial charge in [0.05, 0.1) is 4.90 Å². The third-order valence-corrected chi connectivity index (χ3v) is 9.98. The minimum absolute atomic E-state index is 0.128. The Bertz CT molecular complexity index is 1240. The highest BCUT2D eigenvalue weighted by Crippen LogP contribution is 2.56. The quantitative estimate of drug-likeness (QED) is 0.419. The van der Waals surface area contributed by atoms with E-state index in [0.29, 0.717) is 16.2 Å². The molecule has 1 atom stereocenters. The minimum atomic E-state index is -3.93. The summed E-state index contributed by atoms with van der Waals surface area (Å²) in [7, 11) is -7.39. The summed E-state index contributed by atoms with van der Waals surface area (Å²) in [4.78, 5) is 0.128. The molecule has 0 radical (unpaired) electrons. The molecule has 0 heterocycles. The van der Waals surface area contributed by atoms with Crippen molar-refractivity contribution in [1.29, 1.82) is 0 Å². The Balaban J connectivity index is 1.94. The molecule has 0 aliphatic carbocycles. The highest BCUT2D eigenvalue weighted by atomic mass is 32.2. The van der Waals surface area contributed by atoms with Crippen LogP contribution in [0.4, 0.5) is 0 Å². The van der Waals surface area contributed by atoms with E-state index >= 15 is 0 Å². The van der Waals surface area contributed by atoms with Crippen LogP contribution in [0.2, 0.25) is 0 Å². The van der Waals surface area contributed by atoms with Gasteiger partial charge in [-0.3, -0.25) is 0 Å². The van der Waals surface area contributed by atoms with E-state index in [1.165, 1.54) is 12.1 Å². The van der Waals surface area contributed by atoms with Crippen LogP contribution in [0.15, 0.2) is 126 Å². The number of rotatable bonds is 7. The molecule has 0 saturated heterocycles. The lowest BCUT2D eigenvalue weighted by Crippen LogP contribution is -2.34. The molecule has 0 saturated carbocycles. The van der Waals surface area contributed by atoms with Crippen LogP contribution in [0.3, 0.4) is 0 Å². The number of hydrogen-bond acceptors (Lipinski definition) is 3. The molecule has 156 valence electrons. The summed E-state index contributed by atoms with van der Waals surface area (Å²) in [5.74, 6) is -0.969. The monoisotopic (exact) mass is 447 g/mol. The Morgan fingerprint density at radius 2 is 0.968 bits per heavy atom. The van der Waals surface area contributed by atoms with E-state index in [9.17, 15) is 13.0 Å². The maximum Gasteiger partial charge on any atom is 0.241 e. The molecule has 0 bridgehead atoms. The molecule has 0 aliphatic heterocycles. The first-order valence-electron chi connectivity index (χ1n) is 9.85.